The zero-order valence-electron chi connectivity index (χ0n) is 11.5. The minimum absolute atomic E-state index is 0.0493. The first-order valence-electron chi connectivity index (χ1n) is 6.86. The van der Waals surface area contributed by atoms with Crippen LogP contribution in [0.1, 0.15) is 22.5 Å². The molecule has 2 aromatic rings. The summed E-state index contributed by atoms with van der Waals surface area (Å²) in [5.74, 6) is -1.02. The predicted molar refractivity (Wildman–Crippen MR) is 76.1 cm³/mol. The van der Waals surface area contributed by atoms with Crippen molar-refractivity contribution in [2.75, 3.05) is 19.6 Å². The van der Waals surface area contributed by atoms with Crippen LogP contribution in [-0.4, -0.2) is 41.5 Å². The standard InChI is InChI=1S/C15H16N2O4/c18-14-3-5-17(6-4-16-14)9-10-1-2-12-11(7-10)8-13(21-12)15(19)20/h1-2,7-8H,3-6,9H2,(H,16,18)(H,19,20). The van der Waals surface area contributed by atoms with Gasteiger partial charge in [0.15, 0.2) is 0 Å². The molecule has 2 heterocycles. The lowest BCUT2D eigenvalue weighted by atomic mass is 10.1. The summed E-state index contributed by atoms with van der Waals surface area (Å²) in [4.78, 5) is 24.4. The van der Waals surface area contributed by atoms with Crippen molar-refractivity contribution in [2.24, 2.45) is 0 Å². The zero-order valence-corrected chi connectivity index (χ0v) is 11.5. The molecule has 0 spiro atoms. The molecule has 1 amide bonds. The van der Waals surface area contributed by atoms with Crippen molar-refractivity contribution in [3.8, 4) is 0 Å². The summed E-state index contributed by atoms with van der Waals surface area (Å²) in [5.41, 5.74) is 1.65. The summed E-state index contributed by atoms with van der Waals surface area (Å²) >= 11 is 0. The summed E-state index contributed by atoms with van der Waals surface area (Å²) in [6.45, 7) is 2.94. The Hall–Kier alpha value is -2.34. The van der Waals surface area contributed by atoms with E-state index in [-0.39, 0.29) is 11.7 Å². The first kappa shape index (κ1) is 13.6. The highest BCUT2D eigenvalue weighted by molar-refractivity contribution is 5.91. The number of carbonyl (C=O) groups excluding carboxylic acids is 1. The molecule has 110 valence electrons. The highest BCUT2D eigenvalue weighted by Crippen LogP contribution is 2.21. The molecule has 2 N–H and O–H groups in total. The van der Waals surface area contributed by atoms with E-state index >= 15 is 0 Å². The van der Waals surface area contributed by atoms with E-state index < -0.39 is 5.97 Å². The molecule has 1 fully saturated rings. The van der Waals surface area contributed by atoms with Crippen LogP contribution < -0.4 is 5.32 Å². The van der Waals surface area contributed by atoms with Crippen LogP contribution in [0.5, 0.6) is 0 Å². The Labute approximate surface area is 121 Å². The number of aromatic carboxylic acids is 1. The van der Waals surface area contributed by atoms with Gasteiger partial charge in [0, 0.05) is 38.0 Å². The molecule has 3 rings (SSSR count). The van der Waals surface area contributed by atoms with Crippen LogP contribution in [0.15, 0.2) is 28.7 Å². The molecule has 1 aromatic heterocycles. The number of hydrogen-bond donors (Lipinski definition) is 2. The number of furan rings is 1. The molecule has 0 atom stereocenters. The maximum Gasteiger partial charge on any atom is 0.371 e. The topological polar surface area (TPSA) is 82.8 Å². The number of amides is 1. The van der Waals surface area contributed by atoms with Gasteiger partial charge in [0.05, 0.1) is 0 Å². The number of rotatable bonds is 3. The molecule has 1 aliphatic heterocycles. The number of carboxylic acids is 1. The summed E-state index contributed by atoms with van der Waals surface area (Å²) in [5, 5.41) is 12.6. The maximum atomic E-state index is 11.3. The fourth-order valence-corrected chi connectivity index (χ4v) is 2.53. The quantitative estimate of drug-likeness (QED) is 0.893. The van der Waals surface area contributed by atoms with Crippen molar-refractivity contribution in [1.29, 1.82) is 0 Å². The first-order chi connectivity index (χ1) is 10.1. The molecule has 1 aliphatic rings. The lowest BCUT2D eigenvalue weighted by molar-refractivity contribution is -0.120. The van der Waals surface area contributed by atoms with Crippen LogP contribution in [0.4, 0.5) is 0 Å². The van der Waals surface area contributed by atoms with Crippen molar-refractivity contribution in [1.82, 2.24) is 10.2 Å². The molecule has 0 bridgehead atoms. The smallest absolute Gasteiger partial charge is 0.371 e. The average molecular weight is 288 g/mol. The van der Waals surface area contributed by atoms with Crippen LogP contribution in [0.3, 0.4) is 0 Å². The van der Waals surface area contributed by atoms with E-state index in [4.69, 9.17) is 9.52 Å². The van der Waals surface area contributed by atoms with Crippen LogP contribution in [0, 0.1) is 0 Å². The van der Waals surface area contributed by atoms with Gasteiger partial charge in [0.25, 0.3) is 0 Å². The molecule has 1 aromatic carbocycles. The van der Waals surface area contributed by atoms with E-state index in [1.807, 2.05) is 12.1 Å². The Bertz CT molecular complexity index is 692. The van der Waals surface area contributed by atoms with Gasteiger partial charge in [-0.2, -0.15) is 0 Å². The van der Waals surface area contributed by atoms with Gasteiger partial charge < -0.3 is 14.8 Å². The molecule has 1 saturated heterocycles. The highest BCUT2D eigenvalue weighted by Gasteiger charge is 2.15. The van der Waals surface area contributed by atoms with Crippen LogP contribution in [0.2, 0.25) is 0 Å². The number of nitrogens with zero attached hydrogens (tertiary/aromatic N) is 1. The molecule has 6 nitrogen and oxygen atoms in total. The fraction of sp³-hybridized carbons (Fsp3) is 0.333. The van der Waals surface area contributed by atoms with Gasteiger partial charge in [-0.15, -0.1) is 0 Å². The summed E-state index contributed by atoms with van der Waals surface area (Å²) in [6, 6.07) is 7.19. The lowest BCUT2D eigenvalue weighted by Crippen LogP contribution is -2.28. The van der Waals surface area contributed by atoms with Crippen molar-refractivity contribution < 1.29 is 19.1 Å². The first-order valence-corrected chi connectivity index (χ1v) is 6.86. The third kappa shape index (κ3) is 3.05. The molecule has 0 unspecified atom stereocenters. The maximum absolute atomic E-state index is 11.3. The fourth-order valence-electron chi connectivity index (χ4n) is 2.53. The van der Waals surface area contributed by atoms with Crippen LogP contribution in [-0.2, 0) is 11.3 Å². The molecule has 0 saturated carbocycles. The van der Waals surface area contributed by atoms with Crippen molar-refractivity contribution in [3.63, 3.8) is 0 Å². The molecule has 0 radical (unpaired) electrons. The van der Waals surface area contributed by atoms with E-state index in [0.717, 1.165) is 30.6 Å². The number of carboxylic acid groups (broad SMARTS) is 1. The molecule has 0 aliphatic carbocycles. The number of carbonyl (C=O) groups is 2. The Morgan fingerprint density at radius 2 is 2.19 bits per heavy atom. The van der Waals surface area contributed by atoms with Crippen molar-refractivity contribution >= 4 is 22.8 Å². The van der Waals surface area contributed by atoms with Gasteiger partial charge >= 0.3 is 5.97 Å². The number of benzene rings is 1. The Balaban J connectivity index is 1.77. The second-order valence-electron chi connectivity index (χ2n) is 5.16. The highest BCUT2D eigenvalue weighted by atomic mass is 16.4. The largest absolute Gasteiger partial charge is 0.475 e. The minimum atomic E-state index is -1.06. The minimum Gasteiger partial charge on any atom is -0.475 e. The van der Waals surface area contributed by atoms with Crippen molar-refractivity contribution in [2.45, 2.75) is 13.0 Å². The van der Waals surface area contributed by atoms with Gasteiger partial charge in [0.1, 0.15) is 5.58 Å². The normalized spacial score (nSPS) is 16.7. The van der Waals surface area contributed by atoms with Crippen molar-refractivity contribution in [3.05, 3.63) is 35.6 Å². The predicted octanol–water partition coefficient (Wildman–Crippen LogP) is 1.45. The summed E-state index contributed by atoms with van der Waals surface area (Å²) < 4.78 is 5.24. The Morgan fingerprint density at radius 3 is 3.00 bits per heavy atom. The number of hydrogen-bond acceptors (Lipinski definition) is 4. The zero-order chi connectivity index (χ0) is 14.8. The van der Waals surface area contributed by atoms with E-state index in [9.17, 15) is 9.59 Å². The second kappa shape index (κ2) is 5.57. The van der Waals surface area contributed by atoms with E-state index in [2.05, 4.69) is 10.2 Å². The van der Waals surface area contributed by atoms with Gasteiger partial charge in [-0.3, -0.25) is 9.69 Å². The van der Waals surface area contributed by atoms with Gasteiger partial charge in [-0.1, -0.05) is 6.07 Å². The second-order valence-corrected chi connectivity index (χ2v) is 5.16. The van der Waals surface area contributed by atoms with Crippen LogP contribution in [0.25, 0.3) is 11.0 Å². The third-order valence-corrected chi connectivity index (χ3v) is 3.60. The van der Waals surface area contributed by atoms with E-state index in [1.54, 1.807) is 6.07 Å². The molecular weight excluding hydrogens is 272 g/mol. The van der Waals surface area contributed by atoms with E-state index in [1.165, 1.54) is 6.07 Å². The lowest BCUT2D eigenvalue weighted by Gasteiger charge is -2.18. The van der Waals surface area contributed by atoms with Gasteiger partial charge in [-0.25, -0.2) is 4.79 Å². The Kier molecular flexibility index (Phi) is 3.62. The van der Waals surface area contributed by atoms with Crippen LogP contribution >= 0.6 is 0 Å². The number of fused-ring (bicyclic) bond motifs is 1. The monoisotopic (exact) mass is 288 g/mol. The van der Waals surface area contributed by atoms with E-state index in [0.29, 0.717) is 18.5 Å². The average Bonchev–Trinajstić information content (AvgIpc) is 2.77. The third-order valence-electron chi connectivity index (χ3n) is 3.60. The summed E-state index contributed by atoms with van der Waals surface area (Å²) in [6.07, 6.45) is 0.511. The molecule has 6 heteroatoms. The van der Waals surface area contributed by atoms with Gasteiger partial charge in [0.2, 0.25) is 11.7 Å². The Morgan fingerprint density at radius 1 is 1.33 bits per heavy atom. The molecule has 21 heavy (non-hydrogen) atoms. The summed E-state index contributed by atoms with van der Waals surface area (Å²) in [7, 11) is 0. The number of nitrogens with one attached hydrogen (secondary N) is 1. The SMILES string of the molecule is O=C1CCN(Cc2ccc3oc(C(=O)O)cc3c2)CCN1. The van der Waals surface area contributed by atoms with Gasteiger partial charge in [-0.05, 0) is 23.8 Å². The molecular formula is C15H16N2O4.